The van der Waals surface area contributed by atoms with Gasteiger partial charge < -0.3 is 14.8 Å². The maximum absolute atomic E-state index is 13.6. The molecular formula is C22H28FNO4S. The minimum absolute atomic E-state index is 0.0521. The number of halogens is 1. The largest absolute Gasteiger partial charge is 0.497 e. The molecule has 0 aliphatic rings. The average molecular weight is 422 g/mol. The molecule has 0 aromatic heterocycles. The Morgan fingerprint density at radius 3 is 2.45 bits per heavy atom. The minimum atomic E-state index is -1.21. The Kier molecular flexibility index (Phi) is 8.64. The van der Waals surface area contributed by atoms with Gasteiger partial charge in [0.25, 0.3) is 0 Å². The van der Waals surface area contributed by atoms with Crippen molar-refractivity contribution in [3.05, 3.63) is 53.8 Å². The number of benzene rings is 2. The van der Waals surface area contributed by atoms with E-state index >= 15 is 0 Å². The van der Waals surface area contributed by atoms with Gasteiger partial charge in [-0.15, -0.1) is 0 Å². The SMILES string of the molecule is COc1ccc(S(=O)C(C)CCC(=O)NCc2cc(F)ccc2OC(C)C)cc1. The zero-order valence-electron chi connectivity index (χ0n) is 17.2. The summed E-state index contributed by atoms with van der Waals surface area (Å²) in [5.74, 6) is 0.698. The molecule has 29 heavy (non-hydrogen) atoms. The van der Waals surface area contributed by atoms with E-state index in [0.717, 1.165) is 0 Å². The highest BCUT2D eigenvalue weighted by molar-refractivity contribution is 7.85. The van der Waals surface area contributed by atoms with E-state index in [-0.39, 0.29) is 36.0 Å². The van der Waals surface area contributed by atoms with E-state index < -0.39 is 10.8 Å². The zero-order chi connectivity index (χ0) is 21.4. The van der Waals surface area contributed by atoms with E-state index in [9.17, 15) is 13.4 Å². The van der Waals surface area contributed by atoms with E-state index in [1.165, 1.54) is 12.1 Å². The van der Waals surface area contributed by atoms with Crippen LogP contribution in [-0.4, -0.2) is 28.6 Å². The van der Waals surface area contributed by atoms with Gasteiger partial charge in [-0.05, 0) is 62.7 Å². The van der Waals surface area contributed by atoms with Crippen molar-refractivity contribution in [1.29, 1.82) is 0 Å². The van der Waals surface area contributed by atoms with Crippen LogP contribution in [0.15, 0.2) is 47.4 Å². The Hall–Kier alpha value is -2.41. The van der Waals surface area contributed by atoms with Gasteiger partial charge in [-0.2, -0.15) is 0 Å². The number of hydrogen-bond acceptors (Lipinski definition) is 4. The van der Waals surface area contributed by atoms with E-state index in [4.69, 9.17) is 9.47 Å². The highest BCUT2D eigenvalue weighted by atomic mass is 32.2. The third kappa shape index (κ3) is 7.16. The molecule has 2 atom stereocenters. The summed E-state index contributed by atoms with van der Waals surface area (Å²) in [6.45, 7) is 5.80. The molecule has 2 aromatic rings. The van der Waals surface area contributed by atoms with Crippen molar-refractivity contribution in [3.8, 4) is 11.5 Å². The second-order valence-electron chi connectivity index (χ2n) is 7.02. The number of nitrogens with one attached hydrogen (secondary N) is 1. The van der Waals surface area contributed by atoms with Crippen LogP contribution in [0.1, 0.15) is 39.2 Å². The van der Waals surface area contributed by atoms with Crippen molar-refractivity contribution in [3.63, 3.8) is 0 Å². The molecule has 0 heterocycles. The molecule has 0 aliphatic carbocycles. The summed E-state index contributed by atoms with van der Waals surface area (Å²) in [4.78, 5) is 12.9. The molecule has 0 spiro atoms. The van der Waals surface area contributed by atoms with Gasteiger partial charge in [-0.1, -0.05) is 6.92 Å². The number of carbonyl (C=O) groups excluding carboxylic acids is 1. The normalized spacial score (nSPS) is 13.0. The van der Waals surface area contributed by atoms with Crippen LogP contribution in [0, 0.1) is 5.82 Å². The smallest absolute Gasteiger partial charge is 0.220 e. The first-order valence-electron chi connectivity index (χ1n) is 9.56. The fourth-order valence-electron chi connectivity index (χ4n) is 2.72. The van der Waals surface area contributed by atoms with Gasteiger partial charge >= 0.3 is 0 Å². The number of ether oxygens (including phenoxy) is 2. The van der Waals surface area contributed by atoms with E-state index in [1.54, 1.807) is 37.4 Å². The molecule has 1 N–H and O–H groups in total. The molecule has 1 amide bonds. The van der Waals surface area contributed by atoms with Crippen LogP contribution in [0.5, 0.6) is 11.5 Å². The lowest BCUT2D eigenvalue weighted by atomic mass is 10.1. The molecule has 0 bridgehead atoms. The van der Waals surface area contributed by atoms with Gasteiger partial charge in [0.05, 0.1) is 24.0 Å². The summed E-state index contributed by atoms with van der Waals surface area (Å²) in [5.41, 5.74) is 0.585. The van der Waals surface area contributed by atoms with Gasteiger partial charge in [0.1, 0.15) is 17.3 Å². The fraction of sp³-hybridized carbons (Fsp3) is 0.409. The lowest BCUT2D eigenvalue weighted by Gasteiger charge is -2.15. The summed E-state index contributed by atoms with van der Waals surface area (Å²) < 4.78 is 36.9. The molecular weight excluding hydrogens is 393 g/mol. The Labute approximate surface area is 174 Å². The number of rotatable bonds is 10. The Bertz CT molecular complexity index is 839. The summed E-state index contributed by atoms with van der Waals surface area (Å²) in [6.07, 6.45) is 0.658. The lowest BCUT2D eigenvalue weighted by molar-refractivity contribution is -0.121. The van der Waals surface area contributed by atoms with Crippen LogP contribution in [0.3, 0.4) is 0 Å². The van der Waals surface area contributed by atoms with Crippen LogP contribution in [0.25, 0.3) is 0 Å². The predicted octanol–water partition coefficient (Wildman–Crippen LogP) is 4.21. The first kappa shape index (κ1) is 22.9. The van der Waals surface area contributed by atoms with Crippen molar-refractivity contribution < 1.29 is 22.9 Å². The maximum atomic E-state index is 13.6. The third-order valence-corrected chi connectivity index (χ3v) is 6.00. The Balaban J connectivity index is 1.86. The zero-order valence-corrected chi connectivity index (χ0v) is 18.1. The number of hydrogen-bond donors (Lipinski definition) is 1. The van der Waals surface area contributed by atoms with Gasteiger partial charge in [0.2, 0.25) is 5.91 Å². The number of carbonyl (C=O) groups is 1. The third-order valence-electron chi connectivity index (χ3n) is 4.30. The minimum Gasteiger partial charge on any atom is -0.497 e. The molecule has 5 nitrogen and oxygen atoms in total. The first-order valence-corrected chi connectivity index (χ1v) is 10.8. The topological polar surface area (TPSA) is 64.6 Å². The second-order valence-corrected chi connectivity index (χ2v) is 8.89. The molecule has 0 saturated heterocycles. The molecule has 2 unspecified atom stereocenters. The van der Waals surface area contributed by atoms with Crippen molar-refractivity contribution >= 4 is 16.7 Å². The molecule has 2 aromatic carbocycles. The molecule has 0 aliphatic heterocycles. The molecule has 7 heteroatoms. The summed E-state index contributed by atoms with van der Waals surface area (Å²) in [7, 11) is 0.365. The molecule has 158 valence electrons. The standard InChI is InChI=1S/C22H28FNO4S/c1-15(2)28-21-11-6-18(23)13-17(21)14-24-22(25)12-5-16(3)29(26)20-9-7-19(27-4)8-10-20/h6-11,13,15-16H,5,12,14H2,1-4H3,(H,24,25). The highest BCUT2D eigenvalue weighted by Gasteiger charge is 2.16. The van der Waals surface area contributed by atoms with Crippen LogP contribution in [0.4, 0.5) is 4.39 Å². The number of amides is 1. The number of methoxy groups -OCH3 is 1. The molecule has 2 rings (SSSR count). The summed E-state index contributed by atoms with van der Waals surface area (Å²) >= 11 is 0. The maximum Gasteiger partial charge on any atom is 0.220 e. The second kappa shape index (κ2) is 11.0. The Morgan fingerprint density at radius 2 is 1.83 bits per heavy atom. The van der Waals surface area contributed by atoms with Gasteiger partial charge in [-0.3, -0.25) is 9.00 Å². The molecule has 0 radical (unpaired) electrons. The quantitative estimate of drug-likeness (QED) is 0.624. The van der Waals surface area contributed by atoms with E-state index in [2.05, 4.69) is 5.32 Å². The lowest BCUT2D eigenvalue weighted by Crippen LogP contribution is -2.25. The monoisotopic (exact) mass is 421 g/mol. The van der Waals surface area contributed by atoms with Gasteiger partial charge in [0.15, 0.2) is 0 Å². The molecule has 0 fully saturated rings. The van der Waals surface area contributed by atoms with Crippen LogP contribution in [0.2, 0.25) is 0 Å². The van der Waals surface area contributed by atoms with Gasteiger partial charge in [0, 0.05) is 28.7 Å². The van der Waals surface area contributed by atoms with Crippen LogP contribution < -0.4 is 14.8 Å². The van der Waals surface area contributed by atoms with E-state index in [0.29, 0.717) is 28.4 Å². The van der Waals surface area contributed by atoms with Crippen molar-refractivity contribution in [2.45, 2.75) is 56.4 Å². The van der Waals surface area contributed by atoms with Crippen molar-refractivity contribution in [1.82, 2.24) is 5.32 Å². The highest BCUT2D eigenvalue weighted by Crippen LogP contribution is 2.21. The van der Waals surface area contributed by atoms with Crippen molar-refractivity contribution in [2.75, 3.05) is 7.11 Å². The average Bonchev–Trinajstić information content (AvgIpc) is 2.71. The summed E-state index contributed by atoms with van der Waals surface area (Å²) in [5, 5.41) is 2.61. The predicted molar refractivity (Wildman–Crippen MR) is 112 cm³/mol. The van der Waals surface area contributed by atoms with Crippen LogP contribution >= 0.6 is 0 Å². The first-order chi connectivity index (χ1) is 13.8. The van der Waals surface area contributed by atoms with Gasteiger partial charge in [-0.25, -0.2) is 4.39 Å². The van der Waals surface area contributed by atoms with E-state index in [1.807, 2.05) is 20.8 Å². The molecule has 0 saturated carbocycles. The fourth-order valence-corrected chi connectivity index (χ4v) is 3.92. The Morgan fingerprint density at radius 1 is 1.14 bits per heavy atom. The van der Waals surface area contributed by atoms with Crippen molar-refractivity contribution in [2.24, 2.45) is 0 Å². The van der Waals surface area contributed by atoms with Crippen LogP contribution in [-0.2, 0) is 22.1 Å². The summed E-state index contributed by atoms with van der Waals surface area (Å²) in [6, 6.07) is 11.3.